The average Bonchev–Trinajstić information content (AvgIpc) is 2.07. The number of likely N-dealkylation sites (N-methyl/N-ethyl adjacent to an activating group) is 2. The number of rotatable bonds is 3. The molecule has 3 heteroatoms. The highest BCUT2D eigenvalue weighted by molar-refractivity contribution is 5.87. The van der Waals surface area contributed by atoms with Crippen LogP contribution in [0.4, 0.5) is 0 Å². The molecule has 0 aromatic carbocycles. The summed E-state index contributed by atoms with van der Waals surface area (Å²) < 4.78 is 0. The zero-order valence-electron chi connectivity index (χ0n) is 8.72. The van der Waals surface area contributed by atoms with Gasteiger partial charge in [-0.05, 0) is 14.1 Å². The molecule has 0 heterocycles. The molecule has 12 heavy (non-hydrogen) atoms. The lowest BCUT2D eigenvalue weighted by Crippen LogP contribution is -2.16. The molecule has 0 spiro atoms. The Morgan fingerprint density at radius 1 is 1.42 bits per heavy atom. The molecule has 0 bridgehead atoms. The molecule has 0 atom stereocenters. The summed E-state index contributed by atoms with van der Waals surface area (Å²) in [5.41, 5.74) is 0. The number of carbonyl (C=O) groups excluding carboxylic acids is 1. The largest absolute Gasteiger partial charge is 0.356 e. The summed E-state index contributed by atoms with van der Waals surface area (Å²) in [6.07, 6.45) is 3.35. The fraction of sp³-hybridized carbons (Fsp3) is 0.667. The number of nitrogens with zero attached hydrogens (tertiary/aromatic N) is 1. The van der Waals surface area contributed by atoms with E-state index in [2.05, 4.69) is 5.32 Å². The highest BCUT2D eigenvalue weighted by Crippen LogP contribution is 1.76. The Morgan fingerprint density at radius 2 is 1.92 bits per heavy atom. The van der Waals surface area contributed by atoms with Crippen LogP contribution < -0.4 is 5.32 Å². The van der Waals surface area contributed by atoms with Gasteiger partial charge < -0.3 is 10.2 Å². The van der Waals surface area contributed by atoms with E-state index in [9.17, 15) is 4.79 Å². The number of nitrogens with one attached hydrogen (secondary N) is 1. The highest BCUT2D eigenvalue weighted by Gasteiger charge is 1.87. The predicted molar refractivity (Wildman–Crippen MR) is 53.1 cm³/mol. The van der Waals surface area contributed by atoms with Gasteiger partial charge in [-0.2, -0.15) is 0 Å². The van der Waals surface area contributed by atoms with Gasteiger partial charge in [-0.15, -0.1) is 0 Å². The van der Waals surface area contributed by atoms with Gasteiger partial charge in [0.1, 0.15) is 0 Å². The van der Waals surface area contributed by atoms with Crippen LogP contribution in [0.15, 0.2) is 12.2 Å². The normalized spacial score (nSPS) is 9.50. The van der Waals surface area contributed by atoms with Gasteiger partial charge in [0.05, 0.1) is 0 Å². The van der Waals surface area contributed by atoms with Crippen molar-refractivity contribution in [1.29, 1.82) is 0 Å². The van der Waals surface area contributed by atoms with Gasteiger partial charge in [0.15, 0.2) is 0 Å². The molecule has 72 valence electrons. The Kier molecular flexibility index (Phi) is 11.6. The van der Waals surface area contributed by atoms with E-state index in [4.69, 9.17) is 0 Å². The second-order valence-electron chi connectivity index (χ2n) is 2.28. The summed E-state index contributed by atoms with van der Waals surface area (Å²) in [6.45, 7) is 4.80. The lowest BCUT2D eigenvalue weighted by atomic mass is 10.4. The zero-order valence-corrected chi connectivity index (χ0v) is 8.72. The van der Waals surface area contributed by atoms with Crippen molar-refractivity contribution in [2.24, 2.45) is 0 Å². The lowest BCUT2D eigenvalue weighted by Gasteiger charge is -2.02. The molecule has 0 fully saturated rings. The molecule has 1 amide bonds. The molecule has 0 aliphatic carbocycles. The van der Waals surface area contributed by atoms with Crippen LogP contribution in [0, 0.1) is 0 Å². The molecule has 0 aliphatic heterocycles. The number of carbonyl (C=O) groups is 1. The highest BCUT2D eigenvalue weighted by atomic mass is 16.1. The van der Waals surface area contributed by atoms with E-state index in [0.29, 0.717) is 0 Å². The van der Waals surface area contributed by atoms with Crippen LogP contribution in [-0.4, -0.2) is 38.5 Å². The summed E-state index contributed by atoms with van der Waals surface area (Å²) in [6, 6.07) is 0. The topological polar surface area (TPSA) is 32.3 Å². The first-order chi connectivity index (χ1) is 5.66. The summed E-state index contributed by atoms with van der Waals surface area (Å²) in [5.74, 6) is -0.0538. The minimum absolute atomic E-state index is 0.0538. The molecule has 0 aliphatic rings. The third-order valence-electron chi connectivity index (χ3n) is 0.986. The third-order valence-corrected chi connectivity index (χ3v) is 0.986. The van der Waals surface area contributed by atoms with E-state index in [1.807, 2.05) is 38.9 Å². The van der Waals surface area contributed by atoms with E-state index in [1.54, 1.807) is 7.05 Å². The minimum Gasteiger partial charge on any atom is -0.356 e. The third kappa shape index (κ3) is 11.9. The molecular formula is C9H20N2O. The molecule has 0 aromatic heterocycles. The van der Waals surface area contributed by atoms with Crippen LogP contribution in [0.5, 0.6) is 0 Å². The van der Waals surface area contributed by atoms with Gasteiger partial charge in [0.25, 0.3) is 0 Å². The summed E-state index contributed by atoms with van der Waals surface area (Å²) >= 11 is 0. The quantitative estimate of drug-likeness (QED) is 0.641. The Labute approximate surface area is 75.4 Å². The van der Waals surface area contributed by atoms with Gasteiger partial charge in [-0.25, -0.2) is 0 Å². The monoisotopic (exact) mass is 172 g/mol. The van der Waals surface area contributed by atoms with Gasteiger partial charge in [0, 0.05) is 19.7 Å². The maximum atomic E-state index is 10.6. The molecule has 1 N–H and O–H groups in total. The summed E-state index contributed by atoms with van der Waals surface area (Å²) in [7, 11) is 5.52. The van der Waals surface area contributed by atoms with Crippen LogP contribution in [0.3, 0.4) is 0 Å². The van der Waals surface area contributed by atoms with E-state index < -0.39 is 0 Å². The first kappa shape index (κ1) is 13.7. The maximum absolute atomic E-state index is 10.6. The van der Waals surface area contributed by atoms with Gasteiger partial charge in [-0.3, -0.25) is 4.79 Å². The zero-order chi connectivity index (χ0) is 9.98. The summed E-state index contributed by atoms with van der Waals surface area (Å²) in [5, 5.41) is 2.49. The van der Waals surface area contributed by atoms with Crippen LogP contribution in [0.2, 0.25) is 0 Å². The molecule has 0 saturated heterocycles. The van der Waals surface area contributed by atoms with E-state index in [-0.39, 0.29) is 5.91 Å². The second-order valence-corrected chi connectivity index (χ2v) is 2.28. The van der Waals surface area contributed by atoms with Crippen molar-refractivity contribution in [3.05, 3.63) is 12.2 Å². The molecule has 0 radical (unpaired) electrons. The van der Waals surface area contributed by atoms with E-state index in [1.165, 1.54) is 6.08 Å². The van der Waals surface area contributed by atoms with E-state index >= 15 is 0 Å². The van der Waals surface area contributed by atoms with Crippen molar-refractivity contribution < 1.29 is 4.79 Å². The molecule has 3 nitrogen and oxygen atoms in total. The molecule has 0 aromatic rings. The predicted octanol–water partition coefficient (Wildman–Crippen LogP) is 0.876. The van der Waals surface area contributed by atoms with Gasteiger partial charge in [-0.1, -0.05) is 19.9 Å². The fourth-order valence-corrected chi connectivity index (χ4v) is 0.454. The Balaban J connectivity index is 0. The lowest BCUT2D eigenvalue weighted by molar-refractivity contribution is -0.116. The van der Waals surface area contributed by atoms with Crippen LogP contribution in [-0.2, 0) is 4.79 Å². The number of hydrogen-bond acceptors (Lipinski definition) is 2. The van der Waals surface area contributed by atoms with Crippen molar-refractivity contribution in [2.75, 3.05) is 27.7 Å². The SMILES string of the molecule is CC.CNC(=O)/C=C/CN(C)C. The first-order valence-corrected chi connectivity index (χ1v) is 4.20. The molecular weight excluding hydrogens is 152 g/mol. The first-order valence-electron chi connectivity index (χ1n) is 4.20. The summed E-state index contributed by atoms with van der Waals surface area (Å²) in [4.78, 5) is 12.6. The Morgan fingerprint density at radius 3 is 2.25 bits per heavy atom. The van der Waals surface area contributed by atoms with Crippen molar-refractivity contribution in [3.63, 3.8) is 0 Å². The standard InChI is InChI=1S/C7H14N2O.C2H6/c1-8-7(10)5-4-6-9(2)3;1-2/h4-5H,6H2,1-3H3,(H,8,10);1-2H3/b5-4+;. The maximum Gasteiger partial charge on any atom is 0.243 e. The number of amides is 1. The van der Waals surface area contributed by atoms with Gasteiger partial charge >= 0.3 is 0 Å². The van der Waals surface area contributed by atoms with Crippen LogP contribution in [0.25, 0.3) is 0 Å². The second kappa shape index (κ2) is 10.2. The molecule has 0 rings (SSSR count). The molecule has 0 unspecified atom stereocenters. The van der Waals surface area contributed by atoms with Crippen molar-refractivity contribution >= 4 is 5.91 Å². The Bertz CT molecular complexity index is 130. The van der Waals surface area contributed by atoms with E-state index in [0.717, 1.165) is 6.54 Å². The van der Waals surface area contributed by atoms with Gasteiger partial charge in [0.2, 0.25) is 5.91 Å². The average molecular weight is 172 g/mol. The molecule has 0 saturated carbocycles. The Hall–Kier alpha value is -0.830. The van der Waals surface area contributed by atoms with Crippen molar-refractivity contribution in [1.82, 2.24) is 10.2 Å². The minimum atomic E-state index is -0.0538. The van der Waals surface area contributed by atoms with Crippen molar-refractivity contribution in [2.45, 2.75) is 13.8 Å². The smallest absolute Gasteiger partial charge is 0.243 e. The van der Waals surface area contributed by atoms with Crippen LogP contribution >= 0.6 is 0 Å². The van der Waals surface area contributed by atoms with Crippen LogP contribution in [0.1, 0.15) is 13.8 Å². The number of hydrogen-bond donors (Lipinski definition) is 1. The van der Waals surface area contributed by atoms with Crippen molar-refractivity contribution in [3.8, 4) is 0 Å². The fourth-order valence-electron chi connectivity index (χ4n) is 0.454.